The van der Waals surface area contributed by atoms with E-state index in [1.54, 1.807) is 0 Å². The number of aryl methyl sites for hydroxylation is 1. The van der Waals surface area contributed by atoms with Crippen molar-refractivity contribution in [1.82, 2.24) is 0 Å². The summed E-state index contributed by atoms with van der Waals surface area (Å²) in [6, 6.07) is 22.9. The van der Waals surface area contributed by atoms with Crippen molar-refractivity contribution >= 4 is 12.3 Å². The monoisotopic (exact) mass is 498 g/mol. The van der Waals surface area contributed by atoms with Gasteiger partial charge in [0.15, 0.2) is 0 Å². The van der Waals surface area contributed by atoms with E-state index >= 15 is 0 Å². The fourth-order valence-corrected chi connectivity index (χ4v) is 6.95. The second kappa shape index (κ2) is 10.7. The Hall–Kier alpha value is -3.52. The maximum absolute atomic E-state index is 5.61. The van der Waals surface area contributed by atoms with Gasteiger partial charge in [-0.05, 0) is 89.8 Å². The number of hydrogen-bond donors (Lipinski definition) is 0. The molecule has 1 aliphatic heterocycles. The lowest BCUT2D eigenvalue weighted by Crippen LogP contribution is -2.45. The molecule has 0 saturated heterocycles. The Bertz CT molecular complexity index is 1520. The van der Waals surface area contributed by atoms with Crippen LogP contribution in [0.1, 0.15) is 55.4 Å². The van der Waals surface area contributed by atoms with E-state index in [1.807, 2.05) is 0 Å². The zero-order valence-corrected chi connectivity index (χ0v) is 22.7. The molecule has 2 heteroatoms. The van der Waals surface area contributed by atoms with Gasteiger partial charge in [-0.25, -0.2) is 0 Å². The summed E-state index contributed by atoms with van der Waals surface area (Å²) in [6.45, 7) is 9.03. The van der Waals surface area contributed by atoms with Gasteiger partial charge in [-0.2, -0.15) is 0 Å². The first kappa shape index (κ1) is 24.8. The number of nitrogens with zero attached hydrogens (tertiary/aromatic N) is 2. The van der Waals surface area contributed by atoms with E-state index in [0.717, 1.165) is 12.8 Å². The molecule has 38 heavy (non-hydrogen) atoms. The Kier molecular flexibility index (Phi) is 6.98. The first-order chi connectivity index (χ1) is 18.7. The zero-order valence-electron chi connectivity index (χ0n) is 22.7. The first-order valence-corrected chi connectivity index (χ1v) is 14.4. The third-order valence-electron chi connectivity index (χ3n) is 8.95. The zero-order chi connectivity index (χ0) is 26.1. The molecule has 0 amide bonds. The number of rotatable bonds is 6. The van der Waals surface area contributed by atoms with E-state index in [9.17, 15) is 0 Å². The van der Waals surface area contributed by atoms with Gasteiger partial charge in [-0.1, -0.05) is 92.7 Å². The van der Waals surface area contributed by atoms with Crippen LogP contribution >= 0.6 is 0 Å². The Morgan fingerprint density at radius 2 is 1.68 bits per heavy atom. The molecule has 4 atom stereocenters. The number of hydrogen-bond acceptors (Lipinski definition) is 2. The van der Waals surface area contributed by atoms with Crippen molar-refractivity contribution in [2.45, 2.75) is 58.5 Å². The van der Waals surface area contributed by atoms with Crippen LogP contribution in [0, 0.1) is 17.8 Å². The van der Waals surface area contributed by atoms with Gasteiger partial charge in [0, 0.05) is 17.1 Å². The van der Waals surface area contributed by atoms with E-state index in [-0.39, 0.29) is 6.04 Å². The molecule has 192 valence electrons. The molecule has 3 aromatic rings. The highest BCUT2D eigenvalue weighted by atomic mass is 14.8. The fourth-order valence-electron chi connectivity index (χ4n) is 6.95. The number of fused-ring (bicyclic) bond motifs is 3. The van der Waals surface area contributed by atoms with Gasteiger partial charge in [-0.3, -0.25) is 9.98 Å². The van der Waals surface area contributed by atoms with Crippen molar-refractivity contribution in [2.24, 2.45) is 27.7 Å². The Morgan fingerprint density at radius 3 is 2.50 bits per heavy atom. The summed E-state index contributed by atoms with van der Waals surface area (Å²) in [5.41, 5.74) is 9.47. The molecule has 1 heterocycles. The van der Waals surface area contributed by atoms with E-state index in [2.05, 4.69) is 111 Å². The smallest absolute Gasteiger partial charge is 0.0688 e. The van der Waals surface area contributed by atoms with Crippen molar-refractivity contribution in [3.8, 4) is 11.1 Å². The average molecular weight is 499 g/mol. The van der Waals surface area contributed by atoms with Crippen molar-refractivity contribution in [2.75, 3.05) is 0 Å². The standard InChI is InChI=1S/C36H38N2/c1-4-26-11-5-7-14-31(26)35-24(2)34(33-21-20-28-12-6-8-15-32(28)36(33)38-35)29-18-16-27(17-19-29)30-13-9-10-25(22-30)23-37-3/h5,7,9-11,13-14,16-22,24,26,31,35H,3-4,6,8,12,15,23H2,1-2H3. The highest BCUT2D eigenvalue weighted by molar-refractivity contribution is 5.72. The summed E-state index contributed by atoms with van der Waals surface area (Å²) in [7, 11) is 0. The van der Waals surface area contributed by atoms with Crippen LogP contribution in [0.4, 0.5) is 0 Å². The lowest BCUT2D eigenvalue weighted by Gasteiger charge is -2.36. The van der Waals surface area contributed by atoms with Crippen LogP contribution in [0.2, 0.25) is 0 Å². The van der Waals surface area contributed by atoms with Crippen molar-refractivity contribution in [3.05, 3.63) is 118 Å². The number of benzene rings is 3. The minimum absolute atomic E-state index is 0.250. The quantitative estimate of drug-likeness (QED) is 0.326. The molecule has 2 nitrogen and oxygen atoms in total. The molecule has 6 rings (SSSR count). The van der Waals surface area contributed by atoms with Gasteiger partial charge in [-0.15, -0.1) is 0 Å². The Balaban J connectivity index is 1.48. The summed E-state index contributed by atoms with van der Waals surface area (Å²) in [6.07, 6.45) is 15.3. The van der Waals surface area contributed by atoms with Crippen molar-refractivity contribution in [1.29, 1.82) is 0 Å². The van der Waals surface area contributed by atoms with E-state index in [1.165, 1.54) is 68.8 Å². The normalized spacial score (nSPS) is 23.9. The molecule has 0 saturated carbocycles. The molecular formula is C36H38N2. The van der Waals surface area contributed by atoms with Crippen LogP contribution < -0.4 is 10.6 Å². The number of allylic oxidation sites excluding steroid dienone is 3. The highest BCUT2D eigenvalue weighted by Crippen LogP contribution is 2.37. The molecule has 0 fully saturated rings. The molecule has 0 spiro atoms. The fraction of sp³-hybridized carbons (Fsp3) is 0.333. The lowest BCUT2D eigenvalue weighted by atomic mass is 9.72. The Morgan fingerprint density at radius 1 is 0.895 bits per heavy atom. The summed E-state index contributed by atoms with van der Waals surface area (Å²) >= 11 is 0. The predicted octanol–water partition coefficient (Wildman–Crippen LogP) is 7.04. The predicted molar refractivity (Wildman–Crippen MR) is 160 cm³/mol. The largest absolute Gasteiger partial charge is 0.296 e. The second-order valence-electron chi connectivity index (χ2n) is 11.2. The third-order valence-corrected chi connectivity index (χ3v) is 8.95. The highest BCUT2D eigenvalue weighted by Gasteiger charge is 2.35. The number of aliphatic imine (C=N–C) groups is 1. The van der Waals surface area contributed by atoms with Gasteiger partial charge in [0.05, 0.1) is 17.9 Å². The first-order valence-electron chi connectivity index (χ1n) is 14.4. The lowest BCUT2D eigenvalue weighted by molar-refractivity contribution is 0.335. The summed E-state index contributed by atoms with van der Waals surface area (Å²) in [5, 5.41) is 2.64. The molecular weight excluding hydrogens is 460 g/mol. The molecule has 0 radical (unpaired) electrons. The van der Waals surface area contributed by atoms with Gasteiger partial charge in [0.2, 0.25) is 0 Å². The van der Waals surface area contributed by atoms with Crippen LogP contribution in [-0.4, -0.2) is 12.8 Å². The molecule has 0 N–H and O–H groups in total. The topological polar surface area (TPSA) is 24.7 Å². The Labute approximate surface area is 227 Å². The van der Waals surface area contributed by atoms with Gasteiger partial charge >= 0.3 is 0 Å². The maximum Gasteiger partial charge on any atom is 0.0688 e. The molecule has 4 unspecified atom stereocenters. The third kappa shape index (κ3) is 4.51. The summed E-state index contributed by atoms with van der Waals surface area (Å²) < 4.78 is 0. The van der Waals surface area contributed by atoms with Crippen molar-refractivity contribution < 1.29 is 0 Å². The minimum atomic E-state index is 0.250. The molecule has 0 aromatic heterocycles. The maximum atomic E-state index is 5.61. The van der Waals surface area contributed by atoms with Crippen LogP contribution in [0.15, 0.2) is 95.0 Å². The average Bonchev–Trinajstić information content (AvgIpc) is 2.97. The van der Waals surface area contributed by atoms with Gasteiger partial charge < -0.3 is 0 Å². The van der Waals surface area contributed by atoms with Crippen LogP contribution in [-0.2, 0) is 19.4 Å². The minimum Gasteiger partial charge on any atom is -0.296 e. The second-order valence-corrected chi connectivity index (χ2v) is 11.2. The van der Waals surface area contributed by atoms with Crippen LogP contribution in [0.25, 0.3) is 16.7 Å². The van der Waals surface area contributed by atoms with Gasteiger partial charge in [0.25, 0.3) is 0 Å². The molecule has 2 aliphatic carbocycles. The summed E-state index contributed by atoms with van der Waals surface area (Å²) in [5.74, 6) is 1.31. The van der Waals surface area contributed by atoms with Gasteiger partial charge in [0.1, 0.15) is 0 Å². The molecule has 3 aromatic carbocycles. The van der Waals surface area contributed by atoms with E-state index in [4.69, 9.17) is 4.99 Å². The molecule has 3 aliphatic rings. The molecule has 0 bridgehead atoms. The summed E-state index contributed by atoms with van der Waals surface area (Å²) in [4.78, 5) is 9.67. The van der Waals surface area contributed by atoms with Crippen molar-refractivity contribution in [3.63, 3.8) is 0 Å². The SMILES string of the molecule is C=NCc1cccc(-c2ccc(C3=c4ccc5c(c4=NC(C4C=CC=CC4CC)C3C)CCCC5)cc2)c1. The van der Waals surface area contributed by atoms with Crippen LogP contribution in [0.5, 0.6) is 0 Å². The van der Waals surface area contributed by atoms with E-state index in [0.29, 0.717) is 24.3 Å². The van der Waals surface area contributed by atoms with Crippen LogP contribution in [0.3, 0.4) is 0 Å². The van der Waals surface area contributed by atoms with E-state index < -0.39 is 0 Å².